The van der Waals surface area contributed by atoms with Gasteiger partial charge in [-0.1, -0.05) is 12.1 Å². The molecule has 1 saturated heterocycles. The predicted octanol–water partition coefficient (Wildman–Crippen LogP) is 3.12. The Kier molecular flexibility index (Phi) is 4.23. The first-order valence-electron chi connectivity index (χ1n) is 6.11. The normalized spacial score (nSPS) is 19.4. The van der Waals surface area contributed by atoms with Crippen molar-refractivity contribution in [2.45, 2.75) is 32.2 Å². The van der Waals surface area contributed by atoms with Gasteiger partial charge in [0.25, 0.3) is 5.91 Å². The monoisotopic (exact) mass is 354 g/mol. The molecule has 0 saturated carbocycles. The first-order valence-corrected chi connectivity index (χ1v) is 7.18. The zero-order valence-electron chi connectivity index (χ0n) is 10.3. The van der Waals surface area contributed by atoms with Gasteiger partial charge < -0.3 is 4.90 Å². The average molecular weight is 354 g/mol. The van der Waals surface area contributed by atoms with Crippen LogP contribution in [0.25, 0.3) is 0 Å². The Labute approximate surface area is 121 Å². The molecule has 1 aliphatic heterocycles. The van der Waals surface area contributed by atoms with Crippen LogP contribution in [0.1, 0.15) is 35.2 Å². The summed E-state index contributed by atoms with van der Waals surface area (Å²) in [5, 5.41) is 9.14. The molecule has 0 spiro atoms. The Bertz CT molecular complexity index is 507. The van der Waals surface area contributed by atoms with Crippen molar-refractivity contribution < 1.29 is 4.79 Å². The molecule has 0 bridgehead atoms. The van der Waals surface area contributed by atoms with E-state index in [-0.39, 0.29) is 11.9 Å². The molecule has 0 radical (unpaired) electrons. The van der Waals surface area contributed by atoms with E-state index >= 15 is 0 Å². The Morgan fingerprint density at radius 3 is 3.00 bits per heavy atom. The van der Waals surface area contributed by atoms with Crippen LogP contribution in [-0.2, 0) is 0 Å². The Balaban J connectivity index is 2.30. The topological polar surface area (TPSA) is 44.1 Å². The van der Waals surface area contributed by atoms with Crippen LogP contribution in [0.4, 0.5) is 0 Å². The number of amides is 1. The second-order valence-corrected chi connectivity index (χ2v) is 5.65. The number of halogens is 1. The largest absolute Gasteiger partial charge is 0.323 e. The number of benzene rings is 1. The van der Waals surface area contributed by atoms with E-state index in [0.717, 1.165) is 34.0 Å². The molecule has 18 heavy (non-hydrogen) atoms. The standard InChI is InChI=1S/C14H15IN2O/c1-10-5-4-7-12(13(10)15)14(18)17-8-3-2-6-11(17)9-16/h4-5,7,11H,2-3,6,8H2,1H3. The predicted molar refractivity (Wildman–Crippen MR) is 78.2 cm³/mol. The second-order valence-electron chi connectivity index (χ2n) is 4.58. The van der Waals surface area contributed by atoms with Crippen LogP contribution in [0.5, 0.6) is 0 Å². The van der Waals surface area contributed by atoms with Crippen LogP contribution in [0.15, 0.2) is 18.2 Å². The van der Waals surface area contributed by atoms with Crippen LogP contribution in [0.2, 0.25) is 0 Å². The number of hydrogen-bond donors (Lipinski definition) is 0. The minimum absolute atomic E-state index is 0.00523. The van der Waals surface area contributed by atoms with Gasteiger partial charge in [-0.15, -0.1) is 0 Å². The molecule has 94 valence electrons. The number of likely N-dealkylation sites (tertiary alicyclic amines) is 1. The molecule has 1 aromatic carbocycles. The molecule has 1 fully saturated rings. The maximum absolute atomic E-state index is 12.5. The zero-order valence-corrected chi connectivity index (χ0v) is 12.5. The van der Waals surface area contributed by atoms with Crippen molar-refractivity contribution in [1.29, 1.82) is 5.26 Å². The fraction of sp³-hybridized carbons (Fsp3) is 0.429. The minimum Gasteiger partial charge on any atom is -0.323 e. The van der Waals surface area contributed by atoms with E-state index in [0.29, 0.717) is 6.54 Å². The van der Waals surface area contributed by atoms with Crippen LogP contribution in [0, 0.1) is 21.8 Å². The van der Waals surface area contributed by atoms with Gasteiger partial charge in [0, 0.05) is 10.1 Å². The second kappa shape index (κ2) is 5.70. The third kappa shape index (κ3) is 2.51. The lowest BCUT2D eigenvalue weighted by Gasteiger charge is -2.31. The van der Waals surface area contributed by atoms with Crippen molar-refractivity contribution >= 4 is 28.5 Å². The summed E-state index contributed by atoms with van der Waals surface area (Å²) in [5.74, 6) is -0.00523. The first-order chi connectivity index (χ1) is 8.65. The summed E-state index contributed by atoms with van der Waals surface area (Å²) in [6, 6.07) is 7.72. The maximum atomic E-state index is 12.5. The van der Waals surface area contributed by atoms with E-state index in [1.807, 2.05) is 25.1 Å². The van der Waals surface area contributed by atoms with E-state index in [1.165, 1.54) is 0 Å². The molecule has 1 heterocycles. The molecule has 0 aromatic heterocycles. The average Bonchev–Trinajstić information content (AvgIpc) is 2.41. The molecule has 1 amide bonds. The summed E-state index contributed by atoms with van der Waals surface area (Å²) >= 11 is 2.20. The van der Waals surface area contributed by atoms with Crippen molar-refractivity contribution in [3.63, 3.8) is 0 Å². The van der Waals surface area contributed by atoms with Crippen LogP contribution < -0.4 is 0 Å². The summed E-state index contributed by atoms with van der Waals surface area (Å²) in [6.45, 7) is 2.69. The summed E-state index contributed by atoms with van der Waals surface area (Å²) < 4.78 is 0.988. The van der Waals surface area contributed by atoms with Crippen molar-refractivity contribution in [3.8, 4) is 6.07 Å². The van der Waals surface area contributed by atoms with E-state index in [4.69, 9.17) is 5.26 Å². The van der Waals surface area contributed by atoms with Crippen molar-refractivity contribution in [2.75, 3.05) is 6.54 Å². The van der Waals surface area contributed by atoms with Gasteiger partial charge in [-0.2, -0.15) is 5.26 Å². The number of nitrogens with zero attached hydrogens (tertiary/aromatic N) is 2. The number of aryl methyl sites for hydroxylation is 1. The highest BCUT2D eigenvalue weighted by atomic mass is 127. The van der Waals surface area contributed by atoms with Gasteiger partial charge in [-0.3, -0.25) is 4.79 Å². The van der Waals surface area contributed by atoms with Gasteiger partial charge in [0.1, 0.15) is 6.04 Å². The molecule has 0 N–H and O–H groups in total. The summed E-state index contributed by atoms with van der Waals surface area (Å²) in [6.07, 6.45) is 2.82. The van der Waals surface area contributed by atoms with Crippen molar-refractivity contribution in [1.82, 2.24) is 4.90 Å². The Morgan fingerprint density at radius 2 is 2.28 bits per heavy atom. The van der Waals surface area contributed by atoms with Gasteiger partial charge in [-0.25, -0.2) is 0 Å². The maximum Gasteiger partial charge on any atom is 0.256 e. The lowest BCUT2D eigenvalue weighted by atomic mass is 10.0. The number of carbonyl (C=O) groups is 1. The lowest BCUT2D eigenvalue weighted by Crippen LogP contribution is -2.43. The highest BCUT2D eigenvalue weighted by molar-refractivity contribution is 14.1. The lowest BCUT2D eigenvalue weighted by molar-refractivity contribution is 0.0669. The molecule has 3 nitrogen and oxygen atoms in total. The molecule has 1 aromatic rings. The smallest absolute Gasteiger partial charge is 0.256 e. The van der Waals surface area contributed by atoms with Crippen LogP contribution in [-0.4, -0.2) is 23.4 Å². The van der Waals surface area contributed by atoms with Gasteiger partial charge in [0.15, 0.2) is 0 Å². The number of hydrogen-bond acceptors (Lipinski definition) is 2. The van der Waals surface area contributed by atoms with E-state index in [1.54, 1.807) is 4.90 Å². The van der Waals surface area contributed by atoms with Crippen LogP contribution in [0.3, 0.4) is 0 Å². The van der Waals surface area contributed by atoms with Crippen molar-refractivity contribution in [3.05, 3.63) is 32.9 Å². The Morgan fingerprint density at radius 1 is 1.50 bits per heavy atom. The van der Waals surface area contributed by atoms with Gasteiger partial charge in [-0.05, 0) is 60.4 Å². The highest BCUT2D eigenvalue weighted by Gasteiger charge is 2.28. The molecule has 1 atom stereocenters. The molecular formula is C14H15IN2O. The van der Waals surface area contributed by atoms with Gasteiger partial charge in [0.2, 0.25) is 0 Å². The molecule has 2 rings (SSSR count). The fourth-order valence-electron chi connectivity index (χ4n) is 2.28. The fourth-order valence-corrected chi connectivity index (χ4v) is 2.87. The van der Waals surface area contributed by atoms with E-state index < -0.39 is 0 Å². The molecule has 0 aliphatic carbocycles. The zero-order chi connectivity index (χ0) is 13.1. The molecule has 4 heteroatoms. The van der Waals surface area contributed by atoms with Crippen LogP contribution >= 0.6 is 22.6 Å². The molecular weight excluding hydrogens is 339 g/mol. The van der Waals surface area contributed by atoms with E-state index in [2.05, 4.69) is 28.7 Å². The summed E-state index contributed by atoms with van der Waals surface area (Å²) in [7, 11) is 0. The Hall–Kier alpha value is -1.09. The van der Waals surface area contributed by atoms with E-state index in [9.17, 15) is 4.79 Å². The third-order valence-corrected chi connectivity index (χ3v) is 4.77. The van der Waals surface area contributed by atoms with Gasteiger partial charge >= 0.3 is 0 Å². The minimum atomic E-state index is -0.262. The number of nitriles is 1. The quantitative estimate of drug-likeness (QED) is 0.728. The number of piperidine rings is 1. The van der Waals surface area contributed by atoms with Crippen molar-refractivity contribution in [2.24, 2.45) is 0 Å². The molecule has 1 aliphatic rings. The summed E-state index contributed by atoms with van der Waals surface area (Å²) in [5.41, 5.74) is 1.82. The van der Waals surface area contributed by atoms with Gasteiger partial charge in [0.05, 0.1) is 11.6 Å². The highest BCUT2D eigenvalue weighted by Crippen LogP contribution is 2.23. The third-order valence-electron chi connectivity index (χ3n) is 3.33. The number of rotatable bonds is 1. The molecule has 1 unspecified atom stereocenters. The number of carbonyl (C=O) groups excluding carboxylic acids is 1. The summed E-state index contributed by atoms with van der Waals surface area (Å²) in [4.78, 5) is 14.2. The first kappa shape index (κ1) is 13.3. The SMILES string of the molecule is Cc1cccc(C(=O)N2CCCCC2C#N)c1I.